The molecule has 1 aliphatic rings. The van der Waals surface area contributed by atoms with E-state index in [4.69, 9.17) is 9.47 Å². The minimum atomic E-state index is -0.826. The van der Waals surface area contributed by atoms with E-state index in [0.717, 1.165) is 37.7 Å². The molecule has 40 heavy (non-hydrogen) atoms. The predicted molar refractivity (Wildman–Crippen MR) is 157 cm³/mol. The highest BCUT2D eigenvalue weighted by molar-refractivity contribution is 5.71. The Morgan fingerprint density at radius 2 is 1.43 bits per heavy atom. The second kappa shape index (κ2) is 15.2. The smallest absolute Gasteiger partial charge is 0.166 e. The van der Waals surface area contributed by atoms with E-state index in [1.54, 1.807) is 48.5 Å². The van der Waals surface area contributed by atoms with Gasteiger partial charge < -0.3 is 9.47 Å². The minimum absolute atomic E-state index is 0.0224. The summed E-state index contributed by atoms with van der Waals surface area (Å²) in [7, 11) is 0. The average molecular weight is 551 g/mol. The van der Waals surface area contributed by atoms with E-state index in [0.29, 0.717) is 41.9 Å². The standard InChI is InChI=1S/C35H41F3O2/c1-3-5-7-8-9-11-12-27-18-21-31(35(38)34(27)37)26-16-14-25(15-17-26)30-20-19-28(22-32(30)36)29-23-39-33(40-24-29)13-10-6-4-2/h4,6,14-22,29,33H,3,5,7-13,23-24H2,1-2H3/b6-4+. The molecule has 0 amide bonds. The summed E-state index contributed by atoms with van der Waals surface area (Å²) in [6.45, 7) is 5.15. The average Bonchev–Trinajstić information content (AvgIpc) is 2.98. The molecule has 2 nitrogen and oxygen atoms in total. The second-order valence-corrected chi connectivity index (χ2v) is 10.7. The lowest BCUT2D eigenvalue weighted by Gasteiger charge is -2.29. The third-order valence-corrected chi connectivity index (χ3v) is 7.70. The molecule has 0 saturated carbocycles. The van der Waals surface area contributed by atoms with Crippen LogP contribution < -0.4 is 0 Å². The van der Waals surface area contributed by atoms with Crippen LogP contribution in [0.4, 0.5) is 13.2 Å². The third kappa shape index (κ3) is 7.86. The van der Waals surface area contributed by atoms with Crippen molar-refractivity contribution in [1.82, 2.24) is 0 Å². The van der Waals surface area contributed by atoms with Gasteiger partial charge in [-0.1, -0.05) is 99.7 Å². The zero-order valence-electron chi connectivity index (χ0n) is 23.7. The van der Waals surface area contributed by atoms with Crippen LogP contribution in [0.5, 0.6) is 0 Å². The largest absolute Gasteiger partial charge is 0.352 e. The molecule has 1 fully saturated rings. The van der Waals surface area contributed by atoms with E-state index in [2.05, 4.69) is 13.0 Å². The Morgan fingerprint density at radius 1 is 0.775 bits per heavy atom. The lowest BCUT2D eigenvalue weighted by atomic mass is 9.94. The Kier molecular flexibility index (Phi) is 11.4. The highest BCUT2D eigenvalue weighted by Gasteiger charge is 2.24. The Bertz CT molecular complexity index is 1240. The summed E-state index contributed by atoms with van der Waals surface area (Å²) in [6.07, 6.45) is 12.7. The number of unbranched alkanes of at least 4 members (excludes halogenated alkanes) is 5. The topological polar surface area (TPSA) is 18.5 Å². The van der Waals surface area contributed by atoms with E-state index in [1.807, 2.05) is 19.1 Å². The molecule has 0 N–H and O–H groups in total. The molecule has 0 atom stereocenters. The maximum atomic E-state index is 15.1. The van der Waals surface area contributed by atoms with Gasteiger partial charge in [-0.05, 0) is 54.5 Å². The molecule has 0 spiro atoms. The van der Waals surface area contributed by atoms with Crippen molar-refractivity contribution in [1.29, 1.82) is 0 Å². The van der Waals surface area contributed by atoms with Gasteiger partial charge >= 0.3 is 0 Å². The molecule has 3 aromatic rings. The van der Waals surface area contributed by atoms with Crippen molar-refractivity contribution in [3.63, 3.8) is 0 Å². The number of ether oxygens (including phenoxy) is 2. The van der Waals surface area contributed by atoms with Crippen LogP contribution in [0, 0.1) is 17.5 Å². The number of aryl methyl sites for hydroxylation is 1. The monoisotopic (exact) mass is 550 g/mol. The van der Waals surface area contributed by atoms with Gasteiger partial charge in [0.05, 0.1) is 13.2 Å². The number of halogens is 3. The van der Waals surface area contributed by atoms with Crippen molar-refractivity contribution in [2.75, 3.05) is 13.2 Å². The predicted octanol–water partition coefficient (Wildman–Crippen LogP) is 10.2. The van der Waals surface area contributed by atoms with Crippen LogP contribution in [0.15, 0.2) is 66.7 Å². The molecule has 0 bridgehead atoms. The van der Waals surface area contributed by atoms with Gasteiger partial charge in [0.25, 0.3) is 0 Å². The Morgan fingerprint density at radius 3 is 2.10 bits per heavy atom. The van der Waals surface area contributed by atoms with Crippen LogP contribution in [0.1, 0.15) is 82.3 Å². The molecule has 1 heterocycles. The van der Waals surface area contributed by atoms with Crippen molar-refractivity contribution in [2.24, 2.45) is 0 Å². The van der Waals surface area contributed by atoms with Gasteiger partial charge in [0.2, 0.25) is 0 Å². The van der Waals surface area contributed by atoms with E-state index < -0.39 is 11.6 Å². The van der Waals surface area contributed by atoms with Gasteiger partial charge in [0.15, 0.2) is 17.9 Å². The maximum Gasteiger partial charge on any atom is 0.166 e. The quantitative estimate of drug-likeness (QED) is 0.156. The summed E-state index contributed by atoms with van der Waals surface area (Å²) in [5.74, 6) is -1.95. The molecule has 1 aliphatic heterocycles. The number of rotatable bonds is 13. The van der Waals surface area contributed by atoms with Gasteiger partial charge in [-0.15, -0.1) is 0 Å². The van der Waals surface area contributed by atoms with Crippen LogP contribution >= 0.6 is 0 Å². The molecule has 0 aliphatic carbocycles. The number of allylic oxidation sites excluding steroid dienone is 2. The zero-order valence-corrected chi connectivity index (χ0v) is 23.7. The molecular formula is C35H41F3O2. The molecule has 1 saturated heterocycles. The molecule has 0 aromatic heterocycles. The van der Waals surface area contributed by atoms with Crippen LogP contribution in [-0.4, -0.2) is 19.5 Å². The summed E-state index contributed by atoms with van der Waals surface area (Å²) in [4.78, 5) is 0. The fourth-order valence-corrected chi connectivity index (χ4v) is 5.25. The fraction of sp³-hybridized carbons (Fsp3) is 0.429. The second-order valence-electron chi connectivity index (χ2n) is 10.7. The fourth-order valence-electron chi connectivity index (χ4n) is 5.25. The number of benzene rings is 3. The highest BCUT2D eigenvalue weighted by atomic mass is 19.2. The Balaban J connectivity index is 1.38. The van der Waals surface area contributed by atoms with E-state index >= 15 is 4.39 Å². The molecule has 214 valence electrons. The normalized spacial score (nSPS) is 17.5. The summed E-state index contributed by atoms with van der Waals surface area (Å²) in [5, 5.41) is 0. The first-order valence-electron chi connectivity index (χ1n) is 14.7. The van der Waals surface area contributed by atoms with Gasteiger partial charge in [0.1, 0.15) is 5.82 Å². The van der Waals surface area contributed by atoms with Crippen molar-refractivity contribution < 1.29 is 22.6 Å². The van der Waals surface area contributed by atoms with Crippen LogP contribution in [-0.2, 0) is 15.9 Å². The van der Waals surface area contributed by atoms with E-state index in [-0.39, 0.29) is 23.6 Å². The lowest BCUT2D eigenvalue weighted by molar-refractivity contribution is -0.189. The summed E-state index contributed by atoms with van der Waals surface area (Å²) in [5.41, 5.74) is 3.17. The maximum absolute atomic E-state index is 15.1. The lowest BCUT2D eigenvalue weighted by Crippen LogP contribution is -2.30. The van der Waals surface area contributed by atoms with E-state index in [9.17, 15) is 8.78 Å². The number of hydrogen-bond donors (Lipinski definition) is 0. The minimum Gasteiger partial charge on any atom is -0.352 e. The third-order valence-electron chi connectivity index (χ3n) is 7.70. The molecule has 4 rings (SSSR count). The van der Waals surface area contributed by atoms with Crippen molar-refractivity contribution in [2.45, 2.75) is 83.8 Å². The Hall–Kier alpha value is -2.89. The van der Waals surface area contributed by atoms with Gasteiger partial charge in [-0.2, -0.15) is 0 Å². The first-order valence-corrected chi connectivity index (χ1v) is 14.7. The highest BCUT2D eigenvalue weighted by Crippen LogP contribution is 2.32. The SMILES string of the molecule is C/C=C/CCC1OCC(c2ccc(-c3ccc(-c4ccc(CCCCCCCC)c(F)c4F)cc3)c(F)c2)CO1. The van der Waals surface area contributed by atoms with Crippen LogP contribution in [0.2, 0.25) is 0 Å². The molecule has 5 heteroatoms. The van der Waals surface area contributed by atoms with Gasteiger partial charge in [-0.3, -0.25) is 0 Å². The zero-order chi connectivity index (χ0) is 28.3. The first-order chi connectivity index (χ1) is 19.5. The van der Waals surface area contributed by atoms with Crippen molar-refractivity contribution in [3.8, 4) is 22.3 Å². The van der Waals surface area contributed by atoms with E-state index in [1.165, 1.54) is 19.3 Å². The van der Waals surface area contributed by atoms with Gasteiger partial charge in [0, 0.05) is 23.5 Å². The van der Waals surface area contributed by atoms with Crippen LogP contribution in [0.3, 0.4) is 0 Å². The van der Waals surface area contributed by atoms with Crippen molar-refractivity contribution in [3.05, 3.63) is 95.3 Å². The molecule has 0 radical (unpaired) electrons. The number of hydrogen-bond acceptors (Lipinski definition) is 2. The summed E-state index contributed by atoms with van der Waals surface area (Å²) < 4.78 is 56.6. The summed E-state index contributed by atoms with van der Waals surface area (Å²) >= 11 is 0. The Labute approximate surface area is 237 Å². The summed E-state index contributed by atoms with van der Waals surface area (Å²) in [6, 6.07) is 15.5. The first kappa shape index (κ1) is 30.1. The molecule has 0 unspecified atom stereocenters. The van der Waals surface area contributed by atoms with Crippen molar-refractivity contribution >= 4 is 0 Å². The van der Waals surface area contributed by atoms with Crippen LogP contribution in [0.25, 0.3) is 22.3 Å². The van der Waals surface area contributed by atoms with Gasteiger partial charge in [-0.25, -0.2) is 13.2 Å². The molecular weight excluding hydrogens is 509 g/mol. The molecule has 3 aromatic carbocycles.